The van der Waals surface area contributed by atoms with E-state index >= 15 is 0 Å². The molecule has 0 bridgehead atoms. The van der Waals surface area contributed by atoms with Gasteiger partial charge in [0.2, 0.25) is 0 Å². The molecule has 2 rings (SSSR count). The Labute approximate surface area is 104 Å². The average molecular weight is 246 g/mol. The first-order valence-electron chi connectivity index (χ1n) is 5.63. The summed E-state index contributed by atoms with van der Waals surface area (Å²) in [6.07, 6.45) is 3.43. The fourth-order valence-electron chi connectivity index (χ4n) is 1.59. The molecule has 0 unspecified atom stereocenters. The van der Waals surface area contributed by atoms with Crippen LogP contribution in [0.4, 0.5) is 0 Å². The van der Waals surface area contributed by atoms with Crippen LogP contribution in [-0.2, 0) is 13.1 Å². The van der Waals surface area contributed by atoms with Gasteiger partial charge >= 0.3 is 5.97 Å². The van der Waals surface area contributed by atoms with Gasteiger partial charge in [0.25, 0.3) is 0 Å². The SMILES string of the molecule is O=C(O)c1cccc(CNCCn2ccnn2)c1. The van der Waals surface area contributed by atoms with Crippen LogP contribution < -0.4 is 5.32 Å². The van der Waals surface area contributed by atoms with Crippen LogP contribution in [0.15, 0.2) is 36.7 Å². The van der Waals surface area contributed by atoms with E-state index in [1.54, 1.807) is 35.3 Å². The van der Waals surface area contributed by atoms with E-state index in [-0.39, 0.29) is 0 Å². The van der Waals surface area contributed by atoms with E-state index in [1.807, 2.05) is 6.07 Å². The van der Waals surface area contributed by atoms with E-state index in [0.29, 0.717) is 12.1 Å². The number of carboxylic acids is 1. The second-order valence-corrected chi connectivity index (χ2v) is 3.85. The van der Waals surface area contributed by atoms with E-state index in [9.17, 15) is 4.79 Å². The molecule has 2 N–H and O–H groups in total. The summed E-state index contributed by atoms with van der Waals surface area (Å²) in [6.45, 7) is 2.12. The molecule has 0 aliphatic carbocycles. The molecule has 1 aromatic heterocycles. The van der Waals surface area contributed by atoms with Gasteiger partial charge in [-0.2, -0.15) is 0 Å². The number of rotatable bonds is 6. The first-order chi connectivity index (χ1) is 8.75. The highest BCUT2D eigenvalue weighted by atomic mass is 16.4. The second-order valence-electron chi connectivity index (χ2n) is 3.85. The van der Waals surface area contributed by atoms with Gasteiger partial charge in [0.05, 0.1) is 18.3 Å². The Morgan fingerprint density at radius 2 is 2.33 bits per heavy atom. The van der Waals surface area contributed by atoms with Crippen molar-refractivity contribution in [3.8, 4) is 0 Å². The number of hydrogen-bond acceptors (Lipinski definition) is 4. The van der Waals surface area contributed by atoms with Crippen LogP contribution in [0.2, 0.25) is 0 Å². The van der Waals surface area contributed by atoms with Crippen molar-refractivity contribution in [2.45, 2.75) is 13.1 Å². The summed E-state index contributed by atoms with van der Waals surface area (Å²) in [5.41, 5.74) is 1.26. The number of aromatic carboxylic acids is 1. The highest BCUT2D eigenvalue weighted by Crippen LogP contribution is 2.04. The van der Waals surface area contributed by atoms with E-state index in [1.165, 1.54) is 0 Å². The standard InChI is InChI=1S/C12H14N4O2/c17-12(18)11-3-1-2-10(8-11)9-13-4-6-16-7-5-14-15-16/h1-3,5,7-8,13H,4,6,9H2,(H,17,18). The molecule has 1 aromatic carbocycles. The third-order valence-electron chi connectivity index (χ3n) is 2.49. The Bertz CT molecular complexity index is 511. The smallest absolute Gasteiger partial charge is 0.335 e. The third kappa shape index (κ3) is 3.39. The van der Waals surface area contributed by atoms with Crippen LogP contribution in [0, 0.1) is 0 Å². The van der Waals surface area contributed by atoms with Gasteiger partial charge in [0, 0.05) is 19.3 Å². The lowest BCUT2D eigenvalue weighted by atomic mass is 10.1. The minimum Gasteiger partial charge on any atom is -0.478 e. The zero-order valence-corrected chi connectivity index (χ0v) is 9.78. The summed E-state index contributed by atoms with van der Waals surface area (Å²) in [4.78, 5) is 10.8. The van der Waals surface area contributed by atoms with Gasteiger partial charge in [-0.05, 0) is 17.7 Å². The van der Waals surface area contributed by atoms with Gasteiger partial charge in [-0.15, -0.1) is 5.10 Å². The molecular formula is C12H14N4O2. The van der Waals surface area contributed by atoms with Crippen LogP contribution in [0.25, 0.3) is 0 Å². The van der Waals surface area contributed by atoms with Gasteiger partial charge in [0.15, 0.2) is 0 Å². The Balaban J connectivity index is 1.79. The Kier molecular flexibility index (Phi) is 4.03. The Morgan fingerprint density at radius 1 is 1.44 bits per heavy atom. The highest BCUT2D eigenvalue weighted by Gasteiger charge is 2.02. The molecule has 0 aliphatic rings. The van der Waals surface area contributed by atoms with E-state index in [4.69, 9.17) is 5.11 Å². The molecule has 0 atom stereocenters. The zero-order chi connectivity index (χ0) is 12.8. The lowest BCUT2D eigenvalue weighted by Gasteiger charge is -2.05. The van der Waals surface area contributed by atoms with Gasteiger partial charge < -0.3 is 10.4 Å². The Hall–Kier alpha value is -2.21. The molecule has 94 valence electrons. The van der Waals surface area contributed by atoms with Crippen molar-refractivity contribution in [1.29, 1.82) is 0 Å². The van der Waals surface area contributed by atoms with Crippen molar-refractivity contribution < 1.29 is 9.90 Å². The van der Waals surface area contributed by atoms with Gasteiger partial charge in [-0.3, -0.25) is 4.68 Å². The largest absolute Gasteiger partial charge is 0.478 e. The molecule has 0 saturated carbocycles. The molecule has 0 aliphatic heterocycles. The number of hydrogen-bond donors (Lipinski definition) is 2. The summed E-state index contributed by atoms with van der Waals surface area (Å²) in [5, 5.41) is 19.6. The van der Waals surface area contributed by atoms with Crippen molar-refractivity contribution >= 4 is 5.97 Å². The topological polar surface area (TPSA) is 80.0 Å². The van der Waals surface area contributed by atoms with Gasteiger partial charge in [-0.25, -0.2) is 4.79 Å². The lowest BCUT2D eigenvalue weighted by Crippen LogP contribution is -2.20. The minimum atomic E-state index is -0.903. The molecule has 0 spiro atoms. The summed E-state index contributed by atoms with van der Waals surface area (Å²) < 4.78 is 1.74. The predicted octanol–water partition coefficient (Wildman–Crippen LogP) is 0.766. The number of benzene rings is 1. The number of carbonyl (C=O) groups is 1. The van der Waals surface area contributed by atoms with Gasteiger partial charge in [-0.1, -0.05) is 17.3 Å². The molecule has 18 heavy (non-hydrogen) atoms. The maximum absolute atomic E-state index is 10.8. The highest BCUT2D eigenvalue weighted by molar-refractivity contribution is 5.87. The van der Waals surface area contributed by atoms with Crippen LogP contribution >= 0.6 is 0 Å². The van der Waals surface area contributed by atoms with Crippen molar-refractivity contribution in [3.63, 3.8) is 0 Å². The lowest BCUT2D eigenvalue weighted by molar-refractivity contribution is 0.0696. The zero-order valence-electron chi connectivity index (χ0n) is 9.78. The van der Waals surface area contributed by atoms with E-state index in [2.05, 4.69) is 15.6 Å². The molecule has 0 radical (unpaired) electrons. The molecule has 0 amide bonds. The van der Waals surface area contributed by atoms with Crippen LogP contribution in [-0.4, -0.2) is 32.6 Å². The second kappa shape index (κ2) is 5.92. The fourth-order valence-corrected chi connectivity index (χ4v) is 1.59. The maximum atomic E-state index is 10.8. The normalized spacial score (nSPS) is 10.4. The van der Waals surface area contributed by atoms with Crippen molar-refractivity contribution in [2.75, 3.05) is 6.54 Å². The summed E-state index contributed by atoms with van der Waals surface area (Å²) in [6, 6.07) is 6.90. The van der Waals surface area contributed by atoms with Crippen molar-refractivity contribution in [3.05, 3.63) is 47.8 Å². The number of carboxylic acid groups (broad SMARTS) is 1. The summed E-state index contributed by atoms with van der Waals surface area (Å²) >= 11 is 0. The molecule has 0 saturated heterocycles. The maximum Gasteiger partial charge on any atom is 0.335 e. The molecule has 6 nitrogen and oxygen atoms in total. The molecule has 1 heterocycles. The fraction of sp³-hybridized carbons (Fsp3) is 0.250. The molecule has 2 aromatic rings. The third-order valence-corrected chi connectivity index (χ3v) is 2.49. The quantitative estimate of drug-likeness (QED) is 0.736. The number of nitrogens with one attached hydrogen (secondary N) is 1. The minimum absolute atomic E-state index is 0.311. The van der Waals surface area contributed by atoms with Crippen molar-refractivity contribution in [2.24, 2.45) is 0 Å². The Morgan fingerprint density at radius 3 is 3.06 bits per heavy atom. The molecule has 6 heteroatoms. The van der Waals surface area contributed by atoms with Gasteiger partial charge in [0.1, 0.15) is 0 Å². The molecular weight excluding hydrogens is 232 g/mol. The predicted molar refractivity (Wildman–Crippen MR) is 65.1 cm³/mol. The van der Waals surface area contributed by atoms with E-state index < -0.39 is 5.97 Å². The summed E-state index contributed by atoms with van der Waals surface area (Å²) in [5.74, 6) is -0.903. The van der Waals surface area contributed by atoms with Crippen molar-refractivity contribution in [1.82, 2.24) is 20.3 Å². The van der Waals surface area contributed by atoms with Crippen LogP contribution in [0.3, 0.4) is 0 Å². The van der Waals surface area contributed by atoms with E-state index in [0.717, 1.165) is 18.7 Å². The monoisotopic (exact) mass is 246 g/mol. The van der Waals surface area contributed by atoms with Crippen LogP contribution in [0.5, 0.6) is 0 Å². The average Bonchev–Trinajstić information content (AvgIpc) is 2.88. The summed E-state index contributed by atoms with van der Waals surface area (Å²) in [7, 11) is 0. The van der Waals surface area contributed by atoms with Crippen LogP contribution in [0.1, 0.15) is 15.9 Å². The first-order valence-corrected chi connectivity index (χ1v) is 5.63. The molecule has 0 fully saturated rings. The number of aromatic nitrogens is 3. The number of nitrogens with zero attached hydrogens (tertiary/aromatic N) is 3. The first kappa shape index (κ1) is 12.3.